The molecule has 2 aromatic rings. The molecule has 0 aromatic heterocycles. The molecule has 27 heavy (non-hydrogen) atoms. The summed E-state index contributed by atoms with van der Waals surface area (Å²) in [4.78, 5) is 1.70. The van der Waals surface area contributed by atoms with Crippen LogP contribution in [0.2, 0.25) is 0 Å². The molecule has 0 fully saturated rings. The van der Waals surface area contributed by atoms with Crippen molar-refractivity contribution in [3.63, 3.8) is 0 Å². The molecule has 0 aliphatic carbocycles. The van der Waals surface area contributed by atoms with Gasteiger partial charge in [0.25, 0.3) is 16.4 Å². The quantitative estimate of drug-likeness (QED) is 0.842. The highest BCUT2D eigenvalue weighted by Gasteiger charge is 2.23. The first-order chi connectivity index (χ1) is 12.9. The maximum absolute atomic E-state index is 12.7. The number of nitrogens with one attached hydrogen (secondary N) is 1. The normalized spacial score (nSPS) is 16.4. The highest BCUT2D eigenvalue weighted by atomic mass is 32.2. The lowest BCUT2D eigenvalue weighted by atomic mass is 10.1. The predicted octanol–water partition coefficient (Wildman–Crippen LogP) is 2.84. The molecule has 144 valence electrons. The van der Waals surface area contributed by atoms with Crippen LogP contribution in [-0.4, -0.2) is 39.5 Å². The van der Waals surface area contributed by atoms with Crippen molar-refractivity contribution in [2.75, 3.05) is 24.5 Å². The molecule has 2 heterocycles. The van der Waals surface area contributed by atoms with Crippen LogP contribution in [0.4, 0.5) is 14.5 Å². The molecule has 0 saturated heterocycles. The van der Waals surface area contributed by atoms with Crippen molar-refractivity contribution in [2.24, 2.45) is 0 Å². The SMILES string of the molecule is O=S(=O)(Nc1ccc2c(c1)CN(CC(F)F)C2)c1ccc2c(c1)OCCO2. The number of sulfonamides is 1. The summed E-state index contributed by atoms with van der Waals surface area (Å²) in [7, 11) is -3.82. The zero-order valence-corrected chi connectivity index (χ0v) is 15.1. The summed E-state index contributed by atoms with van der Waals surface area (Å²) in [6.07, 6.45) is -2.40. The number of rotatable bonds is 5. The summed E-state index contributed by atoms with van der Waals surface area (Å²) < 4.78 is 63.9. The minimum Gasteiger partial charge on any atom is -0.486 e. The van der Waals surface area contributed by atoms with Gasteiger partial charge >= 0.3 is 0 Å². The Bertz CT molecular complexity index is 966. The standard InChI is InChI=1S/C18H18F2N2O4S/c19-18(20)11-22-9-12-1-2-14(7-13(12)10-22)21-27(23,24)15-3-4-16-17(8-15)26-6-5-25-16/h1-4,7-8,18,21H,5-6,9-11H2. The fourth-order valence-corrected chi connectivity index (χ4v) is 4.32. The topological polar surface area (TPSA) is 67.9 Å². The van der Waals surface area contributed by atoms with E-state index in [9.17, 15) is 17.2 Å². The molecular weight excluding hydrogens is 378 g/mol. The van der Waals surface area contributed by atoms with E-state index < -0.39 is 16.4 Å². The fraction of sp³-hybridized carbons (Fsp3) is 0.333. The van der Waals surface area contributed by atoms with Gasteiger partial charge in [-0.3, -0.25) is 9.62 Å². The number of benzene rings is 2. The van der Waals surface area contributed by atoms with Gasteiger partial charge in [-0.1, -0.05) is 6.07 Å². The summed E-state index contributed by atoms with van der Waals surface area (Å²) in [6, 6.07) is 9.54. The van der Waals surface area contributed by atoms with E-state index in [-0.39, 0.29) is 11.4 Å². The maximum atomic E-state index is 12.7. The number of hydrogen-bond acceptors (Lipinski definition) is 5. The molecule has 0 bridgehead atoms. The van der Waals surface area contributed by atoms with E-state index in [1.165, 1.54) is 12.1 Å². The average molecular weight is 396 g/mol. The molecule has 2 aliphatic heterocycles. The molecule has 0 atom stereocenters. The Morgan fingerprint density at radius 1 is 1.00 bits per heavy atom. The first kappa shape index (κ1) is 18.0. The molecule has 0 saturated carbocycles. The van der Waals surface area contributed by atoms with Crippen molar-refractivity contribution < 1.29 is 26.7 Å². The number of halogens is 2. The van der Waals surface area contributed by atoms with E-state index in [4.69, 9.17) is 9.47 Å². The van der Waals surface area contributed by atoms with Gasteiger partial charge in [-0.15, -0.1) is 0 Å². The summed E-state index contributed by atoms with van der Waals surface area (Å²) in [5.41, 5.74) is 2.17. The van der Waals surface area contributed by atoms with Gasteiger partial charge < -0.3 is 9.47 Å². The highest BCUT2D eigenvalue weighted by Crippen LogP contribution is 2.33. The third-order valence-electron chi connectivity index (χ3n) is 4.47. The number of anilines is 1. The van der Waals surface area contributed by atoms with Crippen LogP contribution in [0.5, 0.6) is 11.5 Å². The number of alkyl halides is 2. The van der Waals surface area contributed by atoms with Crippen LogP contribution in [0.25, 0.3) is 0 Å². The Balaban J connectivity index is 1.53. The second-order valence-electron chi connectivity index (χ2n) is 6.46. The lowest BCUT2D eigenvalue weighted by molar-refractivity contribution is 0.0873. The number of ether oxygens (including phenoxy) is 2. The molecular formula is C18H18F2N2O4S. The third kappa shape index (κ3) is 3.84. The van der Waals surface area contributed by atoms with Gasteiger partial charge in [0, 0.05) is 24.8 Å². The first-order valence-corrected chi connectivity index (χ1v) is 9.94. The Hall–Kier alpha value is -2.39. The van der Waals surface area contributed by atoms with Crippen molar-refractivity contribution in [3.8, 4) is 11.5 Å². The average Bonchev–Trinajstić information content (AvgIpc) is 3.01. The van der Waals surface area contributed by atoms with Gasteiger partial charge in [-0.2, -0.15) is 0 Å². The molecule has 2 aromatic carbocycles. The lowest BCUT2D eigenvalue weighted by Gasteiger charge is -2.19. The van der Waals surface area contributed by atoms with Gasteiger partial charge in [0.1, 0.15) is 13.2 Å². The van der Waals surface area contributed by atoms with E-state index in [1.54, 1.807) is 29.2 Å². The lowest BCUT2D eigenvalue weighted by Crippen LogP contribution is -2.22. The van der Waals surface area contributed by atoms with Gasteiger partial charge in [0.05, 0.1) is 11.4 Å². The molecule has 0 amide bonds. The highest BCUT2D eigenvalue weighted by molar-refractivity contribution is 7.92. The largest absolute Gasteiger partial charge is 0.486 e. The summed E-state index contributed by atoms with van der Waals surface area (Å²) in [5.74, 6) is 0.901. The fourth-order valence-electron chi connectivity index (χ4n) is 3.26. The smallest absolute Gasteiger partial charge is 0.262 e. The van der Waals surface area contributed by atoms with Crippen molar-refractivity contribution in [1.29, 1.82) is 0 Å². The molecule has 6 nitrogen and oxygen atoms in total. The first-order valence-electron chi connectivity index (χ1n) is 8.45. The second-order valence-corrected chi connectivity index (χ2v) is 8.14. The minimum atomic E-state index is -3.82. The minimum absolute atomic E-state index is 0.0616. The molecule has 0 radical (unpaired) electrons. The number of hydrogen-bond donors (Lipinski definition) is 1. The zero-order valence-electron chi connectivity index (χ0n) is 14.3. The number of nitrogens with zero attached hydrogens (tertiary/aromatic N) is 1. The monoisotopic (exact) mass is 396 g/mol. The molecule has 4 rings (SSSR count). The Morgan fingerprint density at radius 3 is 2.52 bits per heavy atom. The maximum Gasteiger partial charge on any atom is 0.262 e. The third-order valence-corrected chi connectivity index (χ3v) is 5.85. The van der Waals surface area contributed by atoms with E-state index in [0.717, 1.165) is 11.1 Å². The van der Waals surface area contributed by atoms with Crippen LogP contribution in [0.1, 0.15) is 11.1 Å². The Kier molecular flexibility index (Phi) is 4.65. The van der Waals surface area contributed by atoms with Crippen LogP contribution >= 0.6 is 0 Å². The Morgan fingerprint density at radius 2 is 1.74 bits per heavy atom. The van der Waals surface area contributed by atoms with Crippen molar-refractivity contribution in [1.82, 2.24) is 4.90 Å². The van der Waals surface area contributed by atoms with Crippen LogP contribution < -0.4 is 14.2 Å². The molecule has 0 unspecified atom stereocenters. The van der Waals surface area contributed by atoms with Crippen molar-refractivity contribution in [2.45, 2.75) is 24.4 Å². The van der Waals surface area contributed by atoms with Crippen LogP contribution in [0.3, 0.4) is 0 Å². The predicted molar refractivity (Wildman–Crippen MR) is 94.8 cm³/mol. The zero-order chi connectivity index (χ0) is 19.0. The number of fused-ring (bicyclic) bond motifs is 2. The van der Waals surface area contributed by atoms with E-state index >= 15 is 0 Å². The van der Waals surface area contributed by atoms with Crippen LogP contribution in [0.15, 0.2) is 41.3 Å². The van der Waals surface area contributed by atoms with Gasteiger partial charge in [0.2, 0.25) is 0 Å². The van der Waals surface area contributed by atoms with Crippen LogP contribution in [-0.2, 0) is 23.1 Å². The summed E-state index contributed by atoms with van der Waals surface area (Å²) >= 11 is 0. The molecule has 2 aliphatic rings. The van der Waals surface area contributed by atoms with Gasteiger partial charge in [-0.25, -0.2) is 17.2 Å². The van der Waals surface area contributed by atoms with E-state index in [1.807, 2.05) is 0 Å². The van der Waals surface area contributed by atoms with Crippen molar-refractivity contribution in [3.05, 3.63) is 47.5 Å². The van der Waals surface area contributed by atoms with Crippen LogP contribution in [0, 0.1) is 0 Å². The summed E-state index contributed by atoms with van der Waals surface area (Å²) in [5, 5.41) is 0. The van der Waals surface area contributed by atoms with Crippen molar-refractivity contribution >= 4 is 15.7 Å². The summed E-state index contributed by atoms with van der Waals surface area (Å²) in [6.45, 7) is 1.31. The molecule has 1 N–H and O–H groups in total. The Labute approximate surface area is 155 Å². The molecule has 0 spiro atoms. The molecule has 9 heteroatoms. The van der Waals surface area contributed by atoms with Gasteiger partial charge in [0.15, 0.2) is 11.5 Å². The van der Waals surface area contributed by atoms with E-state index in [2.05, 4.69) is 4.72 Å². The van der Waals surface area contributed by atoms with E-state index in [0.29, 0.717) is 43.5 Å². The van der Waals surface area contributed by atoms with Gasteiger partial charge in [-0.05, 0) is 35.4 Å². The second kappa shape index (κ2) is 6.97.